The molecule has 0 N–H and O–H groups in total. The van der Waals surface area contributed by atoms with E-state index in [9.17, 15) is 9.59 Å². The molecule has 1 aliphatic carbocycles. The monoisotopic (exact) mass is 454 g/mol. The van der Waals surface area contributed by atoms with Crippen LogP contribution in [0.3, 0.4) is 0 Å². The summed E-state index contributed by atoms with van der Waals surface area (Å²) >= 11 is 0. The smallest absolute Gasteiger partial charge is 0.409 e. The van der Waals surface area contributed by atoms with Crippen molar-refractivity contribution in [2.75, 3.05) is 31.1 Å². The van der Waals surface area contributed by atoms with Crippen molar-refractivity contribution in [1.82, 2.24) is 4.90 Å². The molecular formula is C29H30N2O3. The number of para-hydroxylation sites is 1. The van der Waals surface area contributed by atoms with E-state index in [0.717, 1.165) is 18.5 Å². The molecule has 34 heavy (non-hydrogen) atoms. The largest absolute Gasteiger partial charge is 0.448 e. The van der Waals surface area contributed by atoms with E-state index in [0.29, 0.717) is 26.2 Å². The van der Waals surface area contributed by atoms with Gasteiger partial charge in [-0.1, -0.05) is 66.7 Å². The molecule has 2 aliphatic rings. The van der Waals surface area contributed by atoms with Gasteiger partial charge in [-0.3, -0.25) is 4.79 Å². The summed E-state index contributed by atoms with van der Waals surface area (Å²) in [5.41, 5.74) is 5.72. The summed E-state index contributed by atoms with van der Waals surface area (Å²) in [6.07, 6.45) is 1.25. The number of ether oxygens (including phenoxy) is 1. The summed E-state index contributed by atoms with van der Waals surface area (Å²) < 4.78 is 5.84. The number of carbonyl (C=O) groups excluding carboxylic acids is 2. The fraction of sp³-hybridized carbons (Fsp3) is 0.310. The second kappa shape index (κ2) is 9.72. The molecule has 2 amide bonds. The first kappa shape index (κ1) is 22.2. The zero-order chi connectivity index (χ0) is 23.5. The summed E-state index contributed by atoms with van der Waals surface area (Å²) in [5.74, 6) is -0.105. The predicted molar refractivity (Wildman–Crippen MR) is 134 cm³/mol. The molecule has 0 radical (unpaired) electrons. The van der Waals surface area contributed by atoms with E-state index in [1.165, 1.54) is 22.3 Å². The Balaban J connectivity index is 1.25. The van der Waals surface area contributed by atoms with E-state index < -0.39 is 0 Å². The number of likely N-dealkylation sites (tertiary alicyclic amines) is 1. The minimum atomic E-state index is -0.331. The lowest BCUT2D eigenvalue weighted by Gasteiger charge is -2.34. The van der Waals surface area contributed by atoms with Gasteiger partial charge in [-0.15, -0.1) is 0 Å². The van der Waals surface area contributed by atoms with E-state index in [1.54, 1.807) is 4.90 Å². The molecule has 5 rings (SSSR count). The van der Waals surface area contributed by atoms with Gasteiger partial charge in [0.1, 0.15) is 6.61 Å². The lowest BCUT2D eigenvalue weighted by molar-refractivity contribution is -0.123. The third kappa shape index (κ3) is 4.18. The fourth-order valence-electron chi connectivity index (χ4n) is 5.32. The Hall–Kier alpha value is -3.60. The van der Waals surface area contributed by atoms with Gasteiger partial charge in [0, 0.05) is 31.2 Å². The van der Waals surface area contributed by atoms with Gasteiger partial charge in [0.05, 0.1) is 5.92 Å². The number of hydrogen-bond acceptors (Lipinski definition) is 3. The molecule has 5 nitrogen and oxygen atoms in total. The van der Waals surface area contributed by atoms with Crippen LogP contribution in [0.4, 0.5) is 10.5 Å². The van der Waals surface area contributed by atoms with Crippen molar-refractivity contribution in [1.29, 1.82) is 0 Å². The molecule has 1 unspecified atom stereocenters. The van der Waals surface area contributed by atoms with Crippen LogP contribution in [-0.2, 0) is 9.53 Å². The highest BCUT2D eigenvalue weighted by molar-refractivity contribution is 5.95. The fourth-order valence-corrected chi connectivity index (χ4v) is 5.32. The third-order valence-electron chi connectivity index (χ3n) is 7.02. The van der Waals surface area contributed by atoms with Gasteiger partial charge in [0.2, 0.25) is 5.91 Å². The van der Waals surface area contributed by atoms with Crippen molar-refractivity contribution in [2.45, 2.75) is 25.7 Å². The van der Waals surface area contributed by atoms with Crippen LogP contribution in [-0.4, -0.2) is 43.1 Å². The first-order valence-electron chi connectivity index (χ1n) is 12.1. The molecule has 1 heterocycles. The van der Waals surface area contributed by atoms with Crippen molar-refractivity contribution in [3.05, 3.63) is 90.0 Å². The number of nitrogens with zero attached hydrogens (tertiary/aromatic N) is 2. The maximum atomic E-state index is 13.3. The standard InChI is InChI=1S/C29H30N2O3/c1-2-31(22-12-4-3-5-13-22)28(32)21-11-10-18-30(19-21)29(33)34-20-27-25-16-8-6-14-23(25)24-15-7-9-17-26(24)27/h3-9,12-17,21,27H,2,10-11,18-20H2,1H3. The molecule has 1 aliphatic heterocycles. The van der Waals surface area contributed by atoms with Crippen LogP contribution < -0.4 is 4.90 Å². The van der Waals surface area contributed by atoms with Crippen molar-refractivity contribution in [3.63, 3.8) is 0 Å². The first-order valence-corrected chi connectivity index (χ1v) is 12.1. The zero-order valence-electron chi connectivity index (χ0n) is 19.5. The maximum absolute atomic E-state index is 13.3. The molecular weight excluding hydrogens is 424 g/mol. The molecule has 1 fully saturated rings. The predicted octanol–water partition coefficient (Wildman–Crippen LogP) is 5.70. The quantitative estimate of drug-likeness (QED) is 0.497. The van der Waals surface area contributed by atoms with E-state index in [4.69, 9.17) is 4.74 Å². The Labute approximate surface area is 201 Å². The van der Waals surface area contributed by atoms with Crippen molar-refractivity contribution < 1.29 is 14.3 Å². The Kier molecular flexibility index (Phi) is 6.35. The van der Waals surface area contributed by atoms with Crippen LogP contribution in [0.2, 0.25) is 0 Å². The Morgan fingerprint density at radius 3 is 2.18 bits per heavy atom. The number of hydrogen-bond donors (Lipinski definition) is 0. The van der Waals surface area contributed by atoms with Crippen molar-refractivity contribution in [2.24, 2.45) is 5.92 Å². The Morgan fingerprint density at radius 2 is 1.53 bits per heavy atom. The topological polar surface area (TPSA) is 49.9 Å². The summed E-state index contributed by atoms with van der Waals surface area (Å²) in [6.45, 7) is 3.91. The van der Waals surface area contributed by atoms with E-state index >= 15 is 0 Å². The molecule has 0 spiro atoms. The summed E-state index contributed by atoms with van der Waals surface area (Å²) in [4.78, 5) is 29.8. The number of amides is 2. The number of piperidine rings is 1. The van der Waals surface area contributed by atoms with Crippen LogP contribution in [0.1, 0.15) is 36.8 Å². The van der Waals surface area contributed by atoms with Gasteiger partial charge in [-0.05, 0) is 54.2 Å². The molecule has 174 valence electrons. The number of benzene rings is 3. The zero-order valence-corrected chi connectivity index (χ0v) is 19.5. The lowest BCUT2D eigenvalue weighted by atomic mass is 9.96. The third-order valence-corrected chi connectivity index (χ3v) is 7.02. The molecule has 3 aromatic carbocycles. The molecule has 0 aromatic heterocycles. The van der Waals surface area contributed by atoms with Crippen LogP contribution >= 0.6 is 0 Å². The van der Waals surface area contributed by atoms with E-state index in [-0.39, 0.29) is 23.8 Å². The van der Waals surface area contributed by atoms with Gasteiger partial charge in [0.25, 0.3) is 0 Å². The Bertz CT molecular complexity index is 1130. The summed E-state index contributed by atoms with van der Waals surface area (Å²) in [5, 5.41) is 0. The van der Waals surface area contributed by atoms with Gasteiger partial charge in [0.15, 0.2) is 0 Å². The highest BCUT2D eigenvalue weighted by atomic mass is 16.6. The molecule has 0 bridgehead atoms. The van der Waals surface area contributed by atoms with Crippen molar-refractivity contribution in [3.8, 4) is 11.1 Å². The normalized spacial score (nSPS) is 17.1. The average molecular weight is 455 g/mol. The molecule has 0 saturated carbocycles. The minimum absolute atomic E-state index is 0.0345. The minimum Gasteiger partial charge on any atom is -0.448 e. The van der Waals surface area contributed by atoms with Gasteiger partial charge >= 0.3 is 6.09 Å². The number of anilines is 1. The SMILES string of the molecule is CCN(C(=O)C1CCCN(C(=O)OCC2c3ccccc3-c3ccccc32)C1)c1ccccc1. The van der Waals surface area contributed by atoms with Crippen LogP contribution in [0.15, 0.2) is 78.9 Å². The first-order chi connectivity index (χ1) is 16.7. The molecule has 1 saturated heterocycles. The second-order valence-corrected chi connectivity index (χ2v) is 9.01. The van der Waals surface area contributed by atoms with Crippen LogP contribution in [0, 0.1) is 5.92 Å². The molecule has 1 atom stereocenters. The lowest BCUT2D eigenvalue weighted by Crippen LogP contribution is -2.47. The average Bonchev–Trinajstić information content (AvgIpc) is 3.22. The van der Waals surface area contributed by atoms with E-state index in [2.05, 4.69) is 24.3 Å². The van der Waals surface area contributed by atoms with Crippen molar-refractivity contribution >= 4 is 17.7 Å². The second-order valence-electron chi connectivity index (χ2n) is 9.01. The molecule has 3 aromatic rings. The number of fused-ring (bicyclic) bond motifs is 3. The van der Waals surface area contributed by atoms with Crippen LogP contribution in [0.5, 0.6) is 0 Å². The van der Waals surface area contributed by atoms with Gasteiger partial charge in [-0.25, -0.2) is 4.79 Å². The molecule has 5 heteroatoms. The summed E-state index contributed by atoms with van der Waals surface area (Å²) in [7, 11) is 0. The van der Waals surface area contributed by atoms with Gasteiger partial charge < -0.3 is 14.5 Å². The highest BCUT2D eigenvalue weighted by Crippen LogP contribution is 2.44. The summed E-state index contributed by atoms with van der Waals surface area (Å²) in [6, 6.07) is 26.4. The van der Waals surface area contributed by atoms with Gasteiger partial charge in [-0.2, -0.15) is 0 Å². The highest BCUT2D eigenvalue weighted by Gasteiger charge is 2.33. The Morgan fingerprint density at radius 1 is 0.912 bits per heavy atom. The van der Waals surface area contributed by atoms with E-state index in [1.807, 2.05) is 66.4 Å². The number of carbonyl (C=O) groups is 2. The number of rotatable bonds is 5. The van der Waals surface area contributed by atoms with Crippen LogP contribution in [0.25, 0.3) is 11.1 Å². The maximum Gasteiger partial charge on any atom is 0.409 e.